The van der Waals surface area contributed by atoms with E-state index in [1.165, 1.54) is 208 Å². The van der Waals surface area contributed by atoms with E-state index in [2.05, 4.69) is 279 Å². The van der Waals surface area contributed by atoms with Gasteiger partial charge in [-0.3, -0.25) is 0 Å². The molecule has 0 radical (unpaired) electrons. The van der Waals surface area contributed by atoms with Crippen LogP contribution in [0.1, 0.15) is 34.1 Å². The fourth-order valence-electron chi connectivity index (χ4n) is 17.2. The van der Waals surface area contributed by atoms with Crippen LogP contribution in [0.5, 0.6) is 0 Å². The first-order valence-electron chi connectivity index (χ1n) is 30.5. The first-order chi connectivity index (χ1) is 42.6. The predicted octanol–water partition coefficient (Wildman–Crippen LogP) is 23.6. The second-order valence-corrected chi connectivity index (χ2v) is 24.8. The topological polar surface area (TPSA) is 0 Å². The first-order valence-corrected chi connectivity index (χ1v) is 30.5. The Kier molecular flexibility index (Phi) is 8.72. The predicted molar refractivity (Wildman–Crippen MR) is 367 cm³/mol. The largest absolute Gasteiger partial charge is 0.0675 e. The second-order valence-electron chi connectivity index (χ2n) is 24.8. The number of rotatable bonds is 0. The molecule has 2 unspecified atom stereocenters. The minimum atomic E-state index is 0.458. The van der Waals surface area contributed by atoms with Crippen LogP contribution < -0.4 is 0 Å². The lowest BCUT2D eigenvalue weighted by Gasteiger charge is -2.23. The molecule has 0 heterocycles. The van der Waals surface area contributed by atoms with E-state index in [9.17, 15) is 0 Å². The Morgan fingerprint density at radius 2 is 0.419 bits per heavy atom. The monoisotopic (exact) mass is 1080 g/mol. The van der Waals surface area contributed by atoms with E-state index < -0.39 is 0 Å². The van der Waals surface area contributed by atoms with Gasteiger partial charge in [-0.05, 0) is 244 Å². The molecule has 17 aromatic rings. The Labute approximate surface area is 495 Å². The Balaban J connectivity index is 0.0000000956. The summed E-state index contributed by atoms with van der Waals surface area (Å²) in [5, 5.41) is 27.3. The van der Waals surface area contributed by atoms with Crippen LogP contribution in [0.4, 0.5) is 0 Å². The molecule has 0 amide bonds. The SMILES string of the molecule is C1=C2C(=CC3c4cccc5cccc(c45)C13)c1cccc3cccc2c13.c1ccc2cc3c(cc2c1)-c1ccc2c4ccc5c6c(ccc(c7ccc-3c1c27)c64)-c1cc2ccccc2cc1-5.c1ccc2cc3c(cc2c1)-c1cccc2cccc-3c12. The molecule has 23 rings (SSSR count). The maximum atomic E-state index is 2.55. The van der Waals surface area contributed by atoms with Gasteiger partial charge in [-0.2, -0.15) is 0 Å². The van der Waals surface area contributed by atoms with Gasteiger partial charge in [-0.15, -0.1) is 0 Å². The van der Waals surface area contributed by atoms with E-state index in [-0.39, 0.29) is 0 Å². The van der Waals surface area contributed by atoms with Crippen molar-refractivity contribution >= 4 is 119 Å². The Hall–Kier alpha value is -10.9. The molecule has 0 N–H and O–H groups in total. The van der Waals surface area contributed by atoms with Crippen LogP contribution in [0.3, 0.4) is 0 Å². The zero-order valence-corrected chi connectivity index (χ0v) is 46.7. The van der Waals surface area contributed by atoms with Gasteiger partial charge in [0.15, 0.2) is 0 Å². The van der Waals surface area contributed by atoms with Crippen LogP contribution >= 0.6 is 0 Å². The molecule has 0 spiro atoms. The van der Waals surface area contributed by atoms with Crippen molar-refractivity contribution in [1.29, 1.82) is 0 Å². The van der Waals surface area contributed by atoms with Gasteiger partial charge in [-0.25, -0.2) is 0 Å². The smallest absolute Gasteiger partial charge is 0.0138 e. The molecule has 6 aliphatic rings. The van der Waals surface area contributed by atoms with Crippen LogP contribution in [0.15, 0.2) is 279 Å². The summed E-state index contributed by atoms with van der Waals surface area (Å²) in [6.07, 6.45) is 5.09. The molecular formula is C86H48. The fourth-order valence-corrected chi connectivity index (χ4v) is 17.2. The molecule has 86 heavy (non-hydrogen) atoms. The molecule has 2 atom stereocenters. The summed E-state index contributed by atoms with van der Waals surface area (Å²) in [5.74, 6) is 0.916. The molecule has 0 saturated carbocycles. The van der Waals surface area contributed by atoms with Crippen molar-refractivity contribution in [3.8, 4) is 66.8 Å². The van der Waals surface area contributed by atoms with E-state index in [0.717, 1.165) is 0 Å². The molecule has 0 aromatic heterocycles. The molecule has 0 heteroatoms. The maximum Gasteiger partial charge on any atom is 0.0138 e. The van der Waals surface area contributed by atoms with Gasteiger partial charge < -0.3 is 0 Å². The van der Waals surface area contributed by atoms with Crippen molar-refractivity contribution in [2.75, 3.05) is 0 Å². The van der Waals surface area contributed by atoms with Crippen molar-refractivity contribution in [3.63, 3.8) is 0 Å². The van der Waals surface area contributed by atoms with Gasteiger partial charge in [0.1, 0.15) is 0 Å². The highest BCUT2D eigenvalue weighted by atomic mass is 14.4. The summed E-state index contributed by atoms with van der Waals surface area (Å²) in [7, 11) is 0. The average Bonchev–Trinajstić information content (AvgIpc) is 1.50. The van der Waals surface area contributed by atoms with Gasteiger partial charge in [-0.1, -0.05) is 243 Å². The van der Waals surface area contributed by atoms with Crippen LogP contribution in [-0.4, -0.2) is 0 Å². The third kappa shape index (κ3) is 5.88. The van der Waals surface area contributed by atoms with E-state index in [1.54, 1.807) is 0 Å². The molecule has 0 nitrogen and oxygen atoms in total. The number of allylic oxidation sites excluding steroid dienone is 4. The van der Waals surface area contributed by atoms with Crippen LogP contribution in [0.2, 0.25) is 0 Å². The lowest BCUT2D eigenvalue weighted by atomic mass is 9.80. The van der Waals surface area contributed by atoms with Crippen molar-refractivity contribution in [2.24, 2.45) is 0 Å². The molecule has 0 fully saturated rings. The highest BCUT2D eigenvalue weighted by Gasteiger charge is 2.38. The zero-order chi connectivity index (χ0) is 55.6. The standard InChI is InChI=1S/C40H20.C26H16.C20H12/c1-2-6-22-18-34-30-14-10-26-28-12-16-32-36-20-24-8-4-3-7-23(24)19-35(36)31-15-11-27(38(28)40(31)32)25-9-13-29(39(30)37(25)26)33(34)17-21(22)5-1;1-5-15-6-2-10-18-22-14-24-20-12-4-8-16-7-3-11-19(26(16)20)23(24)13-21(22)17(9-1)25(15)18;1-2-6-15-12-19-17-10-4-8-13-7-3-9-16(20(13)17)18(19)11-14(15)5-1/h1-20H;1-14,21-22H;1-12H. The van der Waals surface area contributed by atoms with E-state index in [4.69, 9.17) is 0 Å². The summed E-state index contributed by atoms with van der Waals surface area (Å²) in [5.41, 5.74) is 25.1. The molecule has 392 valence electrons. The van der Waals surface area contributed by atoms with E-state index in [1.807, 2.05) is 0 Å². The average molecular weight is 1080 g/mol. The van der Waals surface area contributed by atoms with E-state index in [0.29, 0.717) is 11.8 Å². The number of hydrogen-bond acceptors (Lipinski definition) is 0. The lowest BCUT2D eigenvalue weighted by Crippen LogP contribution is -2.06. The maximum absolute atomic E-state index is 2.55. The third-order valence-electron chi connectivity index (χ3n) is 20.7. The Morgan fingerprint density at radius 3 is 0.744 bits per heavy atom. The minimum absolute atomic E-state index is 0.458. The molecule has 0 aliphatic heterocycles. The summed E-state index contributed by atoms with van der Waals surface area (Å²) in [6.45, 7) is 0. The van der Waals surface area contributed by atoms with E-state index >= 15 is 0 Å². The highest BCUT2D eigenvalue weighted by molar-refractivity contribution is 6.40. The second kappa shape index (κ2) is 16.5. The molecule has 17 aromatic carbocycles. The molecule has 6 aliphatic carbocycles. The van der Waals surface area contributed by atoms with Crippen molar-refractivity contribution in [2.45, 2.75) is 11.8 Å². The van der Waals surface area contributed by atoms with Gasteiger partial charge in [0.2, 0.25) is 0 Å². The normalized spacial score (nSPS) is 15.3. The fraction of sp³-hybridized carbons (Fsp3) is 0.0233. The quantitative estimate of drug-likeness (QED) is 0.105. The number of fused-ring (bicyclic) bond motifs is 20. The number of benzene rings is 17. The van der Waals surface area contributed by atoms with Crippen LogP contribution in [0.25, 0.3) is 186 Å². The van der Waals surface area contributed by atoms with Gasteiger partial charge >= 0.3 is 0 Å². The number of hydrogen-bond donors (Lipinski definition) is 0. The van der Waals surface area contributed by atoms with Crippen LogP contribution in [0, 0.1) is 0 Å². The van der Waals surface area contributed by atoms with Crippen molar-refractivity contribution < 1.29 is 0 Å². The zero-order valence-electron chi connectivity index (χ0n) is 46.7. The Bertz CT molecular complexity index is 5550. The minimum Gasteiger partial charge on any atom is -0.0675 e. The lowest BCUT2D eigenvalue weighted by molar-refractivity contribution is 0.775. The summed E-state index contributed by atoms with van der Waals surface area (Å²) in [4.78, 5) is 0. The van der Waals surface area contributed by atoms with Gasteiger partial charge in [0.25, 0.3) is 0 Å². The van der Waals surface area contributed by atoms with Gasteiger partial charge in [0, 0.05) is 11.8 Å². The summed E-state index contributed by atoms with van der Waals surface area (Å²) >= 11 is 0. The highest BCUT2D eigenvalue weighted by Crippen LogP contribution is 2.59. The molecule has 0 bridgehead atoms. The van der Waals surface area contributed by atoms with Crippen molar-refractivity contribution in [1.82, 2.24) is 0 Å². The van der Waals surface area contributed by atoms with Crippen molar-refractivity contribution in [3.05, 3.63) is 301 Å². The third-order valence-corrected chi connectivity index (χ3v) is 20.7. The summed E-state index contributed by atoms with van der Waals surface area (Å²) < 4.78 is 0. The molecular weight excluding hydrogens is 1030 g/mol. The van der Waals surface area contributed by atoms with Gasteiger partial charge in [0.05, 0.1) is 0 Å². The molecule has 0 saturated heterocycles. The Morgan fingerprint density at radius 1 is 0.163 bits per heavy atom. The van der Waals surface area contributed by atoms with Crippen LogP contribution in [-0.2, 0) is 0 Å². The summed E-state index contributed by atoms with van der Waals surface area (Å²) in [6, 6.07) is 99.6. The first kappa shape index (κ1) is 45.6.